The molecule has 110 valence electrons. The number of carbonyl (C=O) groups is 1. The Labute approximate surface area is 126 Å². The van der Waals surface area contributed by atoms with E-state index in [0.717, 1.165) is 0 Å². The molecule has 0 aliphatic heterocycles. The lowest BCUT2D eigenvalue weighted by atomic mass is 10.1. The Morgan fingerprint density at radius 1 is 1.23 bits per heavy atom. The van der Waals surface area contributed by atoms with Crippen molar-refractivity contribution in [3.8, 4) is 17.2 Å². The van der Waals surface area contributed by atoms with Crippen LogP contribution < -0.4 is 5.32 Å². The van der Waals surface area contributed by atoms with Crippen LogP contribution in [-0.4, -0.2) is 21.0 Å². The summed E-state index contributed by atoms with van der Waals surface area (Å²) < 4.78 is 5.28. The lowest BCUT2D eigenvalue weighted by Gasteiger charge is -2.08. The number of furan rings is 1. The number of pyridine rings is 2. The maximum Gasteiger partial charge on any atom is 0.258 e. The van der Waals surface area contributed by atoms with Crippen molar-refractivity contribution >= 4 is 11.7 Å². The molecule has 0 unspecified atom stereocenters. The molecular formula is C16H13N3O3. The molecule has 6 heteroatoms. The number of aryl methyl sites for hydroxylation is 1. The Morgan fingerprint density at radius 3 is 2.77 bits per heavy atom. The Bertz CT molecular complexity index is 813. The molecule has 0 saturated heterocycles. The Hall–Kier alpha value is -3.15. The third-order valence-electron chi connectivity index (χ3n) is 3.12. The van der Waals surface area contributed by atoms with Crippen LogP contribution in [0.5, 0.6) is 5.75 Å². The van der Waals surface area contributed by atoms with Crippen molar-refractivity contribution in [3.63, 3.8) is 0 Å². The average Bonchev–Trinajstić information content (AvgIpc) is 3.03. The van der Waals surface area contributed by atoms with Crippen LogP contribution in [0.4, 0.5) is 5.82 Å². The monoisotopic (exact) mass is 295 g/mol. The van der Waals surface area contributed by atoms with Gasteiger partial charge in [-0.05, 0) is 43.3 Å². The number of nitrogens with zero attached hydrogens (tertiary/aromatic N) is 2. The summed E-state index contributed by atoms with van der Waals surface area (Å²) in [6.45, 7) is 1.74. The summed E-state index contributed by atoms with van der Waals surface area (Å²) in [5.41, 5.74) is 1.61. The first kappa shape index (κ1) is 13.8. The maximum atomic E-state index is 12.3. The number of nitrogens with one attached hydrogen (secondary N) is 1. The fraction of sp³-hybridized carbons (Fsp3) is 0.0625. The van der Waals surface area contributed by atoms with Crippen LogP contribution >= 0.6 is 0 Å². The minimum absolute atomic E-state index is 0.0892. The third-order valence-corrected chi connectivity index (χ3v) is 3.12. The second-order valence-corrected chi connectivity index (χ2v) is 4.63. The normalized spacial score (nSPS) is 10.4. The molecule has 0 radical (unpaired) electrons. The first-order chi connectivity index (χ1) is 10.6. The van der Waals surface area contributed by atoms with Crippen molar-refractivity contribution in [2.45, 2.75) is 6.92 Å². The van der Waals surface area contributed by atoms with Gasteiger partial charge >= 0.3 is 0 Å². The van der Waals surface area contributed by atoms with Gasteiger partial charge in [0.25, 0.3) is 5.91 Å². The highest BCUT2D eigenvalue weighted by Gasteiger charge is 2.14. The molecule has 2 N–H and O–H groups in total. The standard InChI is InChI=1S/C16H13N3O3/c1-10-11(6-7-12(18-10)14-5-3-9-22-14)16(21)19-15-13(20)4-2-8-17-15/h2-9,20H,1H3,(H,17,19,21). The molecule has 0 aliphatic rings. The molecule has 0 saturated carbocycles. The number of amides is 1. The first-order valence-electron chi connectivity index (χ1n) is 6.62. The molecular weight excluding hydrogens is 282 g/mol. The van der Waals surface area contributed by atoms with Crippen molar-refractivity contribution in [3.05, 3.63) is 60.1 Å². The lowest BCUT2D eigenvalue weighted by molar-refractivity contribution is 0.102. The molecule has 0 bridgehead atoms. The van der Waals surface area contributed by atoms with Gasteiger partial charge in [-0.3, -0.25) is 4.79 Å². The van der Waals surface area contributed by atoms with Crippen LogP contribution in [-0.2, 0) is 0 Å². The number of hydrogen-bond donors (Lipinski definition) is 2. The van der Waals surface area contributed by atoms with E-state index >= 15 is 0 Å². The van der Waals surface area contributed by atoms with Crippen LogP contribution in [0.3, 0.4) is 0 Å². The number of rotatable bonds is 3. The highest BCUT2D eigenvalue weighted by molar-refractivity contribution is 6.05. The van der Waals surface area contributed by atoms with Crippen molar-refractivity contribution in [1.29, 1.82) is 0 Å². The molecule has 1 amide bonds. The first-order valence-corrected chi connectivity index (χ1v) is 6.62. The second-order valence-electron chi connectivity index (χ2n) is 4.63. The highest BCUT2D eigenvalue weighted by atomic mass is 16.3. The largest absolute Gasteiger partial charge is 0.504 e. The SMILES string of the molecule is Cc1nc(-c2ccco2)ccc1C(=O)Nc1ncccc1O. The molecule has 0 fully saturated rings. The summed E-state index contributed by atoms with van der Waals surface area (Å²) in [5, 5.41) is 12.2. The van der Waals surface area contributed by atoms with Gasteiger partial charge in [-0.1, -0.05) is 0 Å². The van der Waals surface area contributed by atoms with E-state index in [0.29, 0.717) is 22.7 Å². The summed E-state index contributed by atoms with van der Waals surface area (Å²) in [6, 6.07) is 9.97. The number of aromatic hydroxyl groups is 1. The predicted molar refractivity (Wildman–Crippen MR) is 80.5 cm³/mol. The van der Waals surface area contributed by atoms with Gasteiger partial charge in [-0.25, -0.2) is 9.97 Å². The minimum atomic E-state index is -0.384. The second kappa shape index (κ2) is 5.69. The van der Waals surface area contributed by atoms with Crippen LogP contribution in [0, 0.1) is 6.92 Å². The molecule has 3 aromatic rings. The zero-order chi connectivity index (χ0) is 15.5. The third kappa shape index (κ3) is 2.67. The molecule has 0 aliphatic carbocycles. The van der Waals surface area contributed by atoms with Crippen LogP contribution in [0.25, 0.3) is 11.5 Å². The van der Waals surface area contributed by atoms with Gasteiger partial charge in [0.2, 0.25) is 0 Å². The zero-order valence-electron chi connectivity index (χ0n) is 11.8. The quantitative estimate of drug-likeness (QED) is 0.775. The van der Waals surface area contributed by atoms with Gasteiger partial charge in [0, 0.05) is 6.20 Å². The smallest absolute Gasteiger partial charge is 0.258 e. The molecule has 3 aromatic heterocycles. The average molecular weight is 295 g/mol. The van der Waals surface area contributed by atoms with Gasteiger partial charge in [0.1, 0.15) is 5.69 Å². The van der Waals surface area contributed by atoms with Gasteiger partial charge < -0.3 is 14.8 Å². The number of hydrogen-bond acceptors (Lipinski definition) is 5. The summed E-state index contributed by atoms with van der Waals surface area (Å²) in [5.74, 6) is 0.276. The van der Waals surface area contributed by atoms with E-state index in [4.69, 9.17) is 4.42 Å². The summed E-state index contributed by atoms with van der Waals surface area (Å²) in [6.07, 6.45) is 3.05. The van der Waals surface area contributed by atoms with E-state index in [1.807, 2.05) is 0 Å². The Kier molecular flexibility index (Phi) is 3.57. The molecule has 3 heterocycles. The Morgan fingerprint density at radius 2 is 2.09 bits per heavy atom. The number of aromatic nitrogens is 2. The van der Waals surface area contributed by atoms with Gasteiger partial charge in [0.15, 0.2) is 17.3 Å². The molecule has 0 atom stereocenters. The summed E-state index contributed by atoms with van der Waals surface area (Å²) in [4.78, 5) is 20.5. The van der Waals surface area contributed by atoms with E-state index in [9.17, 15) is 9.90 Å². The number of anilines is 1. The van der Waals surface area contributed by atoms with E-state index in [2.05, 4.69) is 15.3 Å². The molecule has 6 nitrogen and oxygen atoms in total. The summed E-state index contributed by atoms with van der Waals surface area (Å²) >= 11 is 0. The van der Waals surface area contributed by atoms with E-state index in [1.54, 1.807) is 43.5 Å². The van der Waals surface area contributed by atoms with Crippen molar-refractivity contribution < 1.29 is 14.3 Å². The topological polar surface area (TPSA) is 88.3 Å². The van der Waals surface area contributed by atoms with Crippen molar-refractivity contribution in [2.75, 3.05) is 5.32 Å². The predicted octanol–water partition coefficient (Wildman–Crippen LogP) is 3.00. The van der Waals surface area contributed by atoms with Crippen LogP contribution in [0.15, 0.2) is 53.3 Å². The summed E-state index contributed by atoms with van der Waals surface area (Å²) in [7, 11) is 0. The fourth-order valence-electron chi connectivity index (χ4n) is 2.03. The molecule has 3 rings (SSSR count). The van der Waals surface area contributed by atoms with Gasteiger partial charge in [0.05, 0.1) is 17.5 Å². The molecule has 22 heavy (non-hydrogen) atoms. The Balaban J connectivity index is 1.86. The van der Waals surface area contributed by atoms with E-state index < -0.39 is 0 Å². The van der Waals surface area contributed by atoms with Crippen molar-refractivity contribution in [2.24, 2.45) is 0 Å². The number of carbonyl (C=O) groups excluding carboxylic acids is 1. The minimum Gasteiger partial charge on any atom is -0.504 e. The van der Waals surface area contributed by atoms with Gasteiger partial charge in [-0.15, -0.1) is 0 Å². The maximum absolute atomic E-state index is 12.3. The fourth-order valence-corrected chi connectivity index (χ4v) is 2.03. The molecule has 0 aromatic carbocycles. The highest BCUT2D eigenvalue weighted by Crippen LogP contribution is 2.22. The van der Waals surface area contributed by atoms with E-state index in [1.165, 1.54) is 12.3 Å². The van der Waals surface area contributed by atoms with Crippen LogP contribution in [0.1, 0.15) is 16.1 Å². The molecule has 0 spiro atoms. The lowest BCUT2D eigenvalue weighted by Crippen LogP contribution is -2.15. The van der Waals surface area contributed by atoms with Crippen molar-refractivity contribution in [1.82, 2.24) is 9.97 Å². The zero-order valence-corrected chi connectivity index (χ0v) is 11.8. The van der Waals surface area contributed by atoms with E-state index in [-0.39, 0.29) is 17.5 Å². The van der Waals surface area contributed by atoms with Crippen LogP contribution in [0.2, 0.25) is 0 Å². The van der Waals surface area contributed by atoms with Gasteiger partial charge in [-0.2, -0.15) is 0 Å².